The minimum absolute atomic E-state index is 0.0225. The summed E-state index contributed by atoms with van der Waals surface area (Å²) in [5.74, 6) is -3.33. The van der Waals surface area contributed by atoms with E-state index in [1.807, 2.05) is 49.4 Å². The zero-order valence-corrected chi connectivity index (χ0v) is 22.4. The minimum atomic E-state index is -4.42. The largest absolute Gasteiger partial charge is 0.332 e. The predicted molar refractivity (Wildman–Crippen MR) is 142 cm³/mol. The fourth-order valence-electron chi connectivity index (χ4n) is 3.05. The summed E-state index contributed by atoms with van der Waals surface area (Å²) in [6, 6.07) is 17.4. The van der Waals surface area contributed by atoms with Crippen LogP contribution in [0.4, 0.5) is 26.3 Å². The molecule has 0 amide bonds. The highest BCUT2D eigenvalue weighted by molar-refractivity contribution is 7.83. The van der Waals surface area contributed by atoms with Crippen molar-refractivity contribution in [3.63, 3.8) is 0 Å². The van der Waals surface area contributed by atoms with E-state index in [1.165, 1.54) is 0 Å². The number of halogens is 6. The van der Waals surface area contributed by atoms with Gasteiger partial charge in [-0.25, -0.2) is 26.5 Å². The zero-order valence-electron chi connectivity index (χ0n) is 21.6. The van der Waals surface area contributed by atoms with Crippen LogP contribution in [-0.2, 0) is 29.9 Å². The first-order chi connectivity index (χ1) is 17.9. The van der Waals surface area contributed by atoms with Gasteiger partial charge in [-0.3, -0.25) is 0 Å². The van der Waals surface area contributed by atoms with E-state index in [0.29, 0.717) is 6.07 Å². The van der Waals surface area contributed by atoms with Gasteiger partial charge in [-0.05, 0) is 79.8 Å². The summed E-state index contributed by atoms with van der Waals surface area (Å²) < 4.78 is 91.3. The van der Waals surface area contributed by atoms with E-state index in [1.54, 1.807) is 26.8 Å². The summed E-state index contributed by atoms with van der Waals surface area (Å²) in [5, 5.41) is -0.217. The van der Waals surface area contributed by atoms with Crippen molar-refractivity contribution >= 4 is 11.0 Å². The molecule has 3 rings (SSSR count). The smallest absolute Gasteiger partial charge is 0.243 e. The molecule has 0 saturated carbocycles. The molecule has 3 aromatic carbocycles. The molecule has 9 heteroatoms. The average Bonchev–Trinajstić information content (AvgIpc) is 2.88. The molecule has 3 aromatic rings. The molecule has 2 nitrogen and oxygen atoms in total. The predicted octanol–water partition coefficient (Wildman–Crippen LogP) is 8.04. The van der Waals surface area contributed by atoms with Crippen LogP contribution < -0.4 is 4.72 Å². The topological polar surface area (TPSA) is 29.1 Å². The van der Waals surface area contributed by atoms with Crippen molar-refractivity contribution < 1.29 is 30.6 Å². The van der Waals surface area contributed by atoms with Gasteiger partial charge in [0.05, 0.1) is 11.0 Å². The first-order valence-electron chi connectivity index (χ1n) is 11.7. The second-order valence-electron chi connectivity index (χ2n) is 8.25. The maximum Gasteiger partial charge on any atom is 0.332 e. The molecular weight excluding hydrogens is 524 g/mol. The molecule has 0 saturated heterocycles. The van der Waals surface area contributed by atoms with E-state index in [2.05, 4.69) is 17.1 Å². The molecule has 0 aliphatic carbocycles. The number of alkyl halides is 4. The van der Waals surface area contributed by atoms with Crippen LogP contribution in [0.25, 0.3) is 11.1 Å². The lowest BCUT2D eigenvalue weighted by molar-refractivity contribution is -0.135. The summed E-state index contributed by atoms with van der Waals surface area (Å²) >= 11 is 0. The zero-order chi connectivity index (χ0) is 28.9. The van der Waals surface area contributed by atoms with Crippen LogP contribution in [0, 0.1) is 24.0 Å². The van der Waals surface area contributed by atoms with Gasteiger partial charge in [-0.1, -0.05) is 43.3 Å². The lowest BCUT2D eigenvalue weighted by Crippen LogP contribution is -2.26. The van der Waals surface area contributed by atoms with Crippen LogP contribution in [0.2, 0.25) is 0 Å². The second kappa shape index (κ2) is 16.0. The number of hydrogen-bond donors (Lipinski definition) is 1. The number of hydrogen-bond acceptors (Lipinski definition) is 1. The van der Waals surface area contributed by atoms with E-state index >= 15 is 0 Å². The van der Waals surface area contributed by atoms with E-state index in [0.717, 1.165) is 35.2 Å². The fraction of sp³-hybridized carbons (Fsp3) is 0.310. The number of aryl methyl sites for hydroxylation is 1. The Kier molecular flexibility index (Phi) is 13.9. The highest BCUT2D eigenvalue weighted by Crippen LogP contribution is 2.35. The van der Waals surface area contributed by atoms with Crippen molar-refractivity contribution in [3.8, 4) is 23.5 Å². The first kappa shape index (κ1) is 32.9. The number of nitrogens with one attached hydrogen (secondary N) is 1. The van der Waals surface area contributed by atoms with Crippen LogP contribution in [0.5, 0.6) is 0 Å². The molecule has 0 spiro atoms. The molecule has 0 aromatic heterocycles. The van der Waals surface area contributed by atoms with E-state index < -0.39 is 34.7 Å². The highest BCUT2D eigenvalue weighted by atomic mass is 32.2. The third-order valence-corrected chi connectivity index (χ3v) is 6.28. The molecule has 0 radical (unpaired) electrons. The summed E-state index contributed by atoms with van der Waals surface area (Å²) in [7, 11) is -1.42. The third kappa shape index (κ3) is 10.3. The van der Waals surface area contributed by atoms with Crippen molar-refractivity contribution in [1.29, 1.82) is 0 Å². The Labute approximate surface area is 223 Å². The molecule has 1 atom stereocenters. The van der Waals surface area contributed by atoms with Crippen molar-refractivity contribution in [2.24, 2.45) is 0 Å². The normalized spacial score (nSPS) is 11.7. The fourth-order valence-corrected chi connectivity index (χ4v) is 3.69. The van der Waals surface area contributed by atoms with Gasteiger partial charge >= 0.3 is 12.3 Å². The lowest BCUT2D eigenvalue weighted by Gasteiger charge is -2.17. The van der Waals surface area contributed by atoms with Gasteiger partial charge < -0.3 is 0 Å². The van der Waals surface area contributed by atoms with Crippen LogP contribution >= 0.6 is 0 Å². The van der Waals surface area contributed by atoms with Gasteiger partial charge in [0.2, 0.25) is 0 Å². The Morgan fingerprint density at radius 3 is 2.11 bits per heavy atom. The Morgan fingerprint density at radius 1 is 0.974 bits per heavy atom. The summed E-state index contributed by atoms with van der Waals surface area (Å²) in [4.78, 5) is 0. The van der Waals surface area contributed by atoms with E-state index in [-0.39, 0.29) is 23.2 Å². The molecule has 206 valence electrons. The summed E-state index contributed by atoms with van der Waals surface area (Å²) in [5.41, 5.74) is 1.91. The number of rotatable bonds is 8. The molecule has 0 aliphatic rings. The molecule has 0 bridgehead atoms. The van der Waals surface area contributed by atoms with Crippen LogP contribution in [0.15, 0.2) is 66.7 Å². The van der Waals surface area contributed by atoms with Crippen molar-refractivity contribution in [2.45, 2.75) is 58.3 Å². The lowest BCUT2D eigenvalue weighted by atomic mass is 10.0. The van der Waals surface area contributed by atoms with Crippen molar-refractivity contribution in [3.05, 3.63) is 95.1 Å². The Balaban J connectivity index is 0.000000354. The standard InChI is InChI=1S/C14H13F.C12H14F5NOS.C3H4/c1-2-11-10-13(8-9-14(11)15)12-6-4-3-5-7-12;1-7(2)20(19)18-6-8-3-9(5-10(13)4-8)12(16,17)11(14)15;1-3-2/h3-10H,2H2,1H3;3-5,7,11,18H,6H2,1-2H3;1H,2H3. The summed E-state index contributed by atoms with van der Waals surface area (Å²) in [6.07, 6.45) is 1.40. The monoisotopic (exact) mass is 555 g/mol. The maximum absolute atomic E-state index is 13.3. The third-order valence-electron chi connectivity index (χ3n) is 5.00. The van der Waals surface area contributed by atoms with Crippen molar-refractivity contribution in [1.82, 2.24) is 4.72 Å². The van der Waals surface area contributed by atoms with Gasteiger partial charge in [-0.15, -0.1) is 12.3 Å². The van der Waals surface area contributed by atoms with Crippen LogP contribution in [0.3, 0.4) is 0 Å². The van der Waals surface area contributed by atoms with E-state index in [4.69, 9.17) is 0 Å². The van der Waals surface area contributed by atoms with Gasteiger partial charge in [0.25, 0.3) is 0 Å². The minimum Gasteiger partial charge on any atom is -0.243 e. The average molecular weight is 556 g/mol. The first-order valence-corrected chi connectivity index (χ1v) is 12.9. The number of terminal acetylenes is 1. The Hall–Kier alpha value is -3.09. The van der Waals surface area contributed by atoms with Gasteiger partial charge in [-0.2, -0.15) is 8.78 Å². The quantitative estimate of drug-likeness (QED) is 0.221. The van der Waals surface area contributed by atoms with Gasteiger partial charge in [0.15, 0.2) is 0 Å². The Morgan fingerprint density at radius 2 is 1.58 bits per heavy atom. The maximum atomic E-state index is 13.3. The van der Waals surface area contributed by atoms with Crippen molar-refractivity contribution in [2.75, 3.05) is 0 Å². The molecule has 0 heterocycles. The molecule has 0 fully saturated rings. The second-order valence-corrected chi connectivity index (χ2v) is 10.1. The van der Waals surface area contributed by atoms with Gasteiger partial charge in [0.1, 0.15) is 11.6 Å². The SMILES string of the molecule is C#CC.CC(C)S(=O)NCc1cc(F)cc(C(F)(F)C(F)F)c1.CCc1cc(-c2ccccc2)ccc1F. The molecule has 1 N–H and O–H groups in total. The number of benzene rings is 3. The molecule has 38 heavy (non-hydrogen) atoms. The highest BCUT2D eigenvalue weighted by Gasteiger charge is 2.43. The molecular formula is C29H31F6NOS. The van der Waals surface area contributed by atoms with E-state index in [9.17, 15) is 30.6 Å². The molecule has 0 aliphatic heterocycles. The van der Waals surface area contributed by atoms with Crippen LogP contribution in [0.1, 0.15) is 44.4 Å². The van der Waals surface area contributed by atoms with Crippen LogP contribution in [-0.4, -0.2) is 15.9 Å². The Bertz CT molecular complexity index is 1210. The van der Waals surface area contributed by atoms with Gasteiger partial charge in [0, 0.05) is 17.4 Å². The summed E-state index contributed by atoms with van der Waals surface area (Å²) in [6.45, 7) is 6.80. The molecule has 1 unspecified atom stereocenters.